The molecule has 3 aromatic rings. The number of ether oxygens (including phenoxy) is 1. The summed E-state index contributed by atoms with van der Waals surface area (Å²) in [6.45, 7) is 8.61. The maximum atomic E-state index is 13.6. The van der Waals surface area contributed by atoms with E-state index in [1.807, 2.05) is 18.2 Å². The van der Waals surface area contributed by atoms with Crippen molar-refractivity contribution in [2.75, 3.05) is 13.2 Å². The van der Waals surface area contributed by atoms with Crippen molar-refractivity contribution < 1.29 is 17.9 Å². The molecule has 0 bridgehead atoms. The first kappa shape index (κ1) is 24.2. The molecule has 3 aromatic carbocycles. The third-order valence-electron chi connectivity index (χ3n) is 6.55. The van der Waals surface area contributed by atoms with Gasteiger partial charge in [-0.3, -0.25) is 4.79 Å². The Bertz CT molecular complexity index is 1280. The maximum Gasteiger partial charge on any atom is 0.309 e. The third-order valence-corrected chi connectivity index (χ3v) is 8.83. The lowest BCUT2D eigenvalue weighted by atomic mass is 9.99. The molecule has 178 valence electrons. The standard InChI is InChI=1S/C28H31NO4S/c1-4-33-28(30)26-17-25(26)27(34(31,32)22-13-6-5-7-14-22)19(2)18-29-20(3)23-16-10-12-21-11-8-9-15-24(21)23/h5-16,20,25-27,29H,2,4,17-18H2,1,3H3/t20-,25+,26+,27+/m0/s1. The van der Waals surface area contributed by atoms with Crippen LogP contribution in [0.4, 0.5) is 0 Å². The molecule has 0 radical (unpaired) electrons. The highest BCUT2D eigenvalue weighted by Crippen LogP contribution is 2.48. The highest BCUT2D eigenvalue weighted by atomic mass is 32.2. The van der Waals surface area contributed by atoms with Gasteiger partial charge in [0.1, 0.15) is 0 Å². The SMILES string of the molecule is C=C(CN[C@@H](C)c1cccc2ccccc12)[C@H]([C@@H]1C[C@H]1C(=O)OCC)S(=O)(=O)c1ccccc1. The van der Waals surface area contributed by atoms with Crippen molar-refractivity contribution in [3.05, 3.63) is 90.5 Å². The van der Waals surface area contributed by atoms with Crippen molar-refractivity contribution >= 4 is 26.6 Å². The molecule has 1 aliphatic carbocycles. The number of fused-ring (bicyclic) bond motifs is 1. The normalized spacial score (nSPS) is 19.4. The van der Waals surface area contributed by atoms with Gasteiger partial charge >= 0.3 is 5.97 Å². The fourth-order valence-electron chi connectivity index (χ4n) is 4.70. The molecule has 0 aromatic heterocycles. The van der Waals surface area contributed by atoms with Crippen LogP contribution in [0.1, 0.15) is 31.9 Å². The van der Waals surface area contributed by atoms with Gasteiger partial charge in [-0.15, -0.1) is 0 Å². The van der Waals surface area contributed by atoms with Gasteiger partial charge in [0.25, 0.3) is 0 Å². The summed E-state index contributed by atoms with van der Waals surface area (Å²) in [5, 5.41) is 4.94. The molecule has 5 nitrogen and oxygen atoms in total. The molecule has 34 heavy (non-hydrogen) atoms. The van der Waals surface area contributed by atoms with Gasteiger partial charge in [-0.2, -0.15) is 0 Å². The zero-order chi connectivity index (χ0) is 24.3. The quantitative estimate of drug-likeness (QED) is 0.325. The zero-order valence-corrected chi connectivity index (χ0v) is 20.4. The molecule has 0 aliphatic heterocycles. The Morgan fingerprint density at radius 3 is 2.47 bits per heavy atom. The van der Waals surface area contributed by atoms with Gasteiger partial charge in [0.05, 0.1) is 22.7 Å². The van der Waals surface area contributed by atoms with Crippen LogP contribution >= 0.6 is 0 Å². The number of benzene rings is 3. The van der Waals surface area contributed by atoms with E-state index in [2.05, 4.69) is 43.1 Å². The average molecular weight is 478 g/mol. The fraction of sp³-hybridized carbons (Fsp3) is 0.321. The summed E-state index contributed by atoms with van der Waals surface area (Å²) in [7, 11) is -3.71. The number of nitrogens with one attached hydrogen (secondary N) is 1. The number of esters is 1. The van der Waals surface area contributed by atoms with Gasteiger partial charge in [0.15, 0.2) is 9.84 Å². The van der Waals surface area contributed by atoms with Gasteiger partial charge in [0, 0.05) is 12.6 Å². The van der Waals surface area contributed by atoms with Gasteiger partial charge < -0.3 is 10.1 Å². The summed E-state index contributed by atoms with van der Waals surface area (Å²) in [6, 6.07) is 22.8. The van der Waals surface area contributed by atoms with Crippen molar-refractivity contribution in [1.29, 1.82) is 0 Å². The minimum absolute atomic E-state index is 0.0111. The molecule has 0 spiro atoms. The van der Waals surface area contributed by atoms with Crippen LogP contribution in [0.3, 0.4) is 0 Å². The average Bonchev–Trinajstić information content (AvgIpc) is 3.63. The molecule has 4 atom stereocenters. The van der Waals surface area contributed by atoms with E-state index in [-0.39, 0.29) is 29.4 Å². The van der Waals surface area contributed by atoms with Crippen LogP contribution in [0.2, 0.25) is 0 Å². The van der Waals surface area contributed by atoms with Crippen molar-refractivity contribution in [3.63, 3.8) is 0 Å². The first-order valence-corrected chi connectivity index (χ1v) is 13.2. The summed E-state index contributed by atoms with van der Waals surface area (Å²) >= 11 is 0. The Balaban J connectivity index is 1.55. The Morgan fingerprint density at radius 1 is 1.06 bits per heavy atom. The number of sulfone groups is 1. The van der Waals surface area contributed by atoms with Crippen molar-refractivity contribution in [2.24, 2.45) is 11.8 Å². The number of carbonyl (C=O) groups excluding carboxylic acids is 1. The molecule has 1 aliphatic rings. The van der Waals surface area contributed by atoms with Crippen LogP contribution in [0, 0.1) is 11.8 Å². The number of carbonyl (C=O) groups is 1. The van der Waals surface area contributed by atoms with Crippen molar-refractivity contribution in [3.8, 4) is 0 Å². The highest BCUT2D eigenvalue weighted by Gasteiger charge is 2.54. The molecule has 6 heteroatoms. The van der Waals surface area contributed by atoms with Crippen LogP contribution in [-0.2, 0) is 19.4 Å². The van der Waals surface area contributed by atoms with E-state index in [4.69, 9.17) is 4.74 Å². The number of hydrogen-bond acceptors (Lipinski definition) is 5. The van der Waals surface area contributed by atoms with Gasteiger partial charge in [-0.1, -0.05) is 67.2 Å². The van der Waals surface area contributed by atoms with E-state index in [1.54, 1.807) is 37.3 Å². The molecule has 0 unspecified atom stereocenters. The van der Waals surface area contributed by atoms with Crippen LogP contribution < -0.4 is 5.32 Å². The summed E-state index contributed by atoms with van der Waals surface area (Å²) in [5.41, 5.74) is 1.71. The molecular formula is C28H31NO4S. The van der Waals surface area contributed by atoms with Crippen LogP contribution in [0.15, 0.2) is 89.8 Å². The molecule has 4 rings (SSSR count). The van der Waals surface area contributed by atoms with Crippen LogP contribution in [0.25, 0.3) is 10.8 Å². The van der Waals surface area contributed by atoms with Crippen LogP contribution in [0.5, 0.6) is 0 Å². The Kier molecular flexibility index (Phi) is 7.19. The first-order chi connectivity index (χ1) is 16.3. The molecule has 1 fully saturated rings. The molecular weight excluding hydrogens is 446 g/mol. The second-order valence-electron chi connectivity index (χ2n) is 8.87. The van der Waals surface area contributed by atoms with Gasteiger partial charge in [-0.05, 0) is 60.2 Å². The minimum atomic E-state index is -3.71. The molecule has 0 amide bonds. The number of rotatable bonds is 10. The van der Waals surface area contributed by atoms with Gasteiger partial charge in [-0.25, -0.2) is 8.42 Å². The monoisotopic (exact) mass is 477 g/mol. The summed E-state index contributed by atoms with van der Waals surface area (Å²) in [5.74, 6) is -1.06. The summed E-state index contributed by atoms with van der Waals surface area (Å²) in [6.07, 6.45) is 0.494. The topological polar surface area (TPSA) is 72.5 Å². The predicted octanol–water partition coefficient (Wildman–Crippen LogP) is 5.09. The molecule has 1 N–H and O–H groups in total. The van der Waals surface area contributed by atoms with E-state index in [0.717, 1.165) is 16.3 Å². The maximum absolute atomic E-state index is 13.6. The zero-order valence-electron chi connectivity index (χ0n) is 19.6. The smallest absolute Gasteiger partial charge is 0.309 e. The Morgan fingerprint density at radius 2 is 1.74 bits per heavy atom. The lowest BCUT2D eigenvalue weighted by Gasteiger charge is -2.23. The Labute approximate surface area is 201 Å². The molecule has 1 saturated carbocycles. The Hall–Kier alpha value is -2.96. The van der Waals surface area contributed by atoms with E-state index < -0.39 is 21.0 Å². The van der Waals surface area contributed by atoms with E-state index in [0.29, 0.717) is 18.5 Å². The lowest BCUT2D eigenvalue weighted by Crippen LogP contribution is -2.33. The van der Waals surface area contributed by atoms with Crippen molar-refractivity contribution in [2.45, 2.75) is 36.5 Å². The number of hydrogen-bond donors (Lipinski definition) is 1. The predicted molar refractivity (Wildman–Crippen MR) is 135 cm³/mol. The van der Waals surface area contributed by atoms with Crippen LogP contribution in [-0.4, -0.2) is 32.8 Å². The van der Waals surface area contributed by atoms with Gasteiger partial charge in [0.2, 0.25) is 0 Å². The van der Waals surface area contributed by atoms with E-state index in [1.165, 1.54) is 0 Å². The first-order valence-electron chi connectivity index (χ1n) is 11.7. The minimum Gasteiger partial charge on any atom is -0.466 e. The largest absolute Gasteiger partial charge is 0.466 e. The molecule has 0 saturated heterocycles. The van der Waals surface area contributed by atoms with E-state index in [9.17, 15) is 13.2 Å². The fourth-order valence-corrected chi connectivity index (χ4v) is 6.81. The van der Waals surface area contributed by atoms with E-state index >= 15 is 0 Å². The lowest BCUT2D eigenvalue weighted by molar-refractivity contribution is -0.145. The third kappa shape index (κ3) is 4.93. The summed E-state index contributed by atoms with van der Waals surface area (Å²) in [4.78, 5) is 12.6. The highest BCUT2D eigenvalue weighted by molar-refractivity contribution is 7.92. The molecule has 0 heterocycles. The second kappa shape index (κ2) is 10.1. The second-order valence-corrected chi connectivity index (χ2v) is 10.9. The van der Waals surface area contributed by atoms with Crippen molar-refractivity contribution in [1.82, 2.24) is 5.32 Å². The summed E-state index contributed by atoms with van der Waals surface area (Å²) < 4.78 is 32.4.